The van der Waals surface area contributed by atoms with Crippen LogP contribution < -0.4 is 11.1 Å². The first-order chi connectivity index (χ1) is 10.1. The van der Waals surface area contributed by atoms with Crippen molar-refractivity contribution in [1.29, 1.82) is 0 Å². The molecule has 2 aromatic rings. The monoisotopic (exact) mass is 322 g/mol. The van der Waals surface area contributed by atoms with Gasteiger partial charge in [0.1, 0.15) is 0 Å². The number of halogens is 1. The Hall–Kier alpha value is -1.85. The lowest BCUT2D eigenvalue weighted by Gasteiger charge is -2.16. The quantitative estimate of drug-likeness (QED) is 0.858. The first-order valence-corrected chi connectivity index (χ1v) is 7.21. The van der Waals surface area contributed by atoms with E-state index < -0.39 is 0 Å². The zero-order valence-electron chi connectivity index (χ0n) is 12.9. The molecule has 0 aliphatic heterocycles. The fourth-order valence-electron chi connectivity index (χ4n) is 2.11. The highest BCUT2D eigenvalue weighted by atomic mass is 35.5. The maximum atomic E-state index is 11.9. The Labute approximate surface area is 137 Å². The van der Waals surface area contributed by atoms with Gasteiger partial charge in [-0.2, -0.15) is 5.10 Å². The standard InChI is InChI=1S/C16H22N4O.ClH/c1-12(17)7-8-16(21)19-13(2)14-5-3-6-15(11-14)20-10-4-9-18-20;/h3-6,9-13H,7-8,17H2,1-2H3,(H,19,21);1H. The van der Waals surface area contributed by atoms with Crippen molar-refractivity contribution in [3.8, 4) is 5.69 Å². The first kappa shape index (κ1) is 18.2. The van der Waals surface area contributed by atoms with Crippen LogP contribution in [0.5, 0.6) is 0 Å². The molecule has 2 unspecified atom stereocenters. The maximum absolute atomic E-state index is 11.9. The maximum Gasteiger partial charge on any atom is 0.220 e. The van der Waals surface area contributed by atoms with Gasteiger partial charge in [-0.15, -0.1) is 12.4 Å². The van der Waals surface area contributed by atoms with Crippen molar-refractivity contribution in [2.45, 2.75) is 38.8 Å². The van der Waals surface area contributed by atoms with Gasteiger partial charge in [-0.1, -0.05) is 12.1 Å². The number of nitrogens with two attached hydrogens (primary N) is 1. The van der Waals surface area contributed by atoms with E-state index in [0.717, 1.165) is 11.3 Å². The van der Waals surface area contributed by atoms with E-state index in [-0.39, 0.29) is 30.4 Å². The summed E-state index contributed by atoms with van der Waals surface area (Å²) in [6, 6.07) is 9.88. The van der Waals surface area contributed by atoms with Gasteiger partial charge in [-0.25, -0.2) is 4.68 Å². The summed E-state index contributed by atoms with van der Waals surface area (Å²) < 4.78 is 1.80. The number of hydrogen-bond acceptors (Lipinski definition) is 3. The Morgan fingerprint density at radius 1 is 1.36 bits per heavy atom. The van der Waals surface area contributed by atoms with Gasteiger partial charge in [-0.3, -0.25) is 4.79 Å². The number of aromatic nitrogens is 2. The number of rotatable bonds is 6. The molecular formula is C16H23ClN4O. The van der Waals surface area contributed by atoms with Crippen molar-refractivity contribution >= 4 is 18.3 Å². The Bertz CT molecular complexity index is 584. The second-order valence-electron chi connectivity index (χ2n) is 5.35. The Balaban J connectivity index is 0.00000242. The Kier molecular flexibility index (Phi) is 7.08. The van der Waals surface area contributed by atoms with Crippen molar-refractivity contribution in [2.24, 2.45) is 5.73 Å². The normalized spacial score (nSPS) is 13.0. The molecule has 0 fully saturated rings. The third-order valence-corrected chi connectivity index (χ3v) is 3.34. The fraction of sp³-hybridized carbons (Fsp3) is 0.375. The molecule has 5 nitrogen and oxygen atoms in total. The number of benzene rings is 1. The van der Waals surface area contributed by atoms with Crippen LogP contribution in [-0.2, 0) is 4.79 Å². The van der Waals surface area contributed by atoms with E-state index in [9.17, 15) is 4.79 Å². The third kappa shape index (κ3) is 5.16. The minimum absolute atomic E-state index is 0. The van der Waals surface area contributed by atoms with E-state index in [1.165, 1.54) is 0 Å². The van der Waals surface area contributed by atoms with Crippen molar-refractivity contribution < 1.29 is 4.79 Å². The molecule has 6 heteroatoms. The summed E-state index contributed by atoms with van der Waals surface area (Å²) in [5.74, 6) is 0.0318. The summed E-state index contributed by atoms with van der Waals surface area (Å²) in [5.41, 5.74) is 7.70. The topological polar surface area (TPSA) is 72.9 Å². The molecule has 2 rings (SSSR count). The van der Waals surface area contributed by atoms with Gasteiger partial charge in [0.05, 0.1) is 11.7 Å². The van der Waals surface area contributed by atoms with Crippen LogP contribution in [0.2, 0.25) is 0 Å². The molecule has 1 heterocycles. The zero-order valence-corrected chi connectivity index (χ0v) is 13.7. The highest BCUT2D eigenvalue weighted by Gasteiger charge is 2.11. The number of carbonyl (C=O) groups is 1. The van der Waals surface area contributed by atoms with Crippen molar-refractivity contribution in [2.75, 3.05) is 0 Å². The number of carbonyl (C=O) groups excluding carboxylic acids is 1. The van der Waals surface area contributed by atoms with Gasteiger partial charge in [0.2, 0.25) is 5.91 Å². The highest BCUT2D eigenvalue weighted by molar-refractivity contribution is 5.85. The molecule has 2 atom stereocenters. The van der Waals surface area contributed by atoms with Gasteiger partial charge in [0.15, 0.2) is 0 Å². The average Bonchev–Trinajstić information content (AvgIpc) is 2.99. The van der Waals surface area contributed by atoms with Crippen molar-refractivity contribution in [1.82, 2.24) is 15.1 Å². The molecule has 0 aliphatic carbocycles. The van der Waals surface area contributed by atoms with Crippen LogP contribution in [0.3, 0.4) is 0 Å². The molecule has 1 aromatic carbocycles. The van der Waals surface area contributed by atoms with Gasteiger partial charge < -0.3 is 11.1 Å². The van der Waals surface area contributed by atoms with Crippen LogP contribution in [0.15, 0.2) is 42.7 Å². The lowest BCUT2D eigenvalue weighted by atomic mass is 10.1. The second kappa shape index (κ2) is 8.56. The summed E-state index contributed by atoms with van der Waals surface area (Å²) in [4.78, 5) is 11.9. The molecule has 0 aliphatic rings. The Morgan fingerprint density at radius 3 is 2.77 bits per heavy atom. The molecule has 22 heavy (non-hydrogen) atoms. The largest absolute Gasteiger partial charge is 0.350 e. The average molecular weight is 323 g/mol. The van der Waals surface area contributed by atoms with E-state index in [1.54, 1.807) is 10.9 Å². The Morgan fingerprint density at radius 2 is 2.14 bits per heavy atom. The molecule has 1 amide bonds. The molecule has 1 aromatic heterocycles. The van der Waals surface area contributed by atoms with E-state index in [1.807, 2.05) is 50.4 Å². The second-order valence-corrected chi connectivity index (χ2v) is 5.35. The summed E-state index contributed by atoms with van der Waals surface area (Å²) in [6.07, 6.45) is 4.80. The first-order valence-electron chi connectivity index (χ1n) is 7.21. The molecule has 0 saturated carbocycles. The highest BCUT2D eigenvalue weighted by Crippen LogP contribution is 2.16. The van der Waals surface area contributed by atoms with Crippen LogP contribution in [-0.4, -0.2) is 21.7 Å². The van der Waals surface area contributed by atoms with E-state index in [0.29, 0.717) is 12.8 Å². The molecule has 0 radical (unpaired) electrons. The van der Waals surface area contributed by atoms with Gasteiger partial charge in [-0.05, 0) is 44.0 Å². The van der Waals surface area contributed by atoms with Crippen LogP contribution in [0.4, 0.5) is 0 Å². The molecule has 0 saturated heterocycles. The predicted octanol–water partition coefficient (Wildman–Crippen LogP) is 2.60. The van der Waals surface area contributed by atoms with Crippen LogP contribution in [0.25, 0.3) is 5.69 Å². The third-order valence-electron chi connectivity index (χ3n) is 3.34. The lowest BCUT2D eigenvalue weighted by molar-refractivity contribution is -0.121. The molecular weight excluding hydrogens is 300 g/mol. The van der Waals surface area contributed by atoms with E-state index in [4.69, 9.17) is 5.73 Å². The van der Waals surface area contributed by atoms with Gasteiger partial charge in [0, 0.05) is 24.9 Å². The van der Waals surface area contributed by atoms with Gasteiger partial charge in [0.25, 0.3) is 0 Å². The number of amides is 1. The summed E-state index contributed by atoms with van der Waals surface area (Å²) in [6.45, 7) is 3.89. The minimum Gasteiger partial charge on any atom is -0.350 e. The van der Waals surface area contributed by atoms with E-state index in [2.05, 4.69) is 10.4 Å². The smallest absolute Gasteiger partial charge is 0.220 e. The number of nitrogens with one attached hydrogen (secondary N) is 1. The predicted molar refractivity (Wildman–Crippen MR) is 90.3 cm³/mol. The summed E-state index contributed by atoms with van der Waals surface area (Å²) in [5, 5.41) is 7.21. The molecule has 3 N–H and O–H groups in total. The van der Waals surface area contributed by atoms with Crippen LogP contribution in [0.1, 0.15) is 38.3 Å². The summed E-state index contributed by atoms with van der Waals surface area (Å²) >= 11 is 0. The lowest BCUT2D eigenvalue weighted by Crippen LogP contribution is -2.28. The summed E-state index contributed by atoms with van der Waals surface area (Å²) in [7, 11) is 0. The van der Waals surface area contributed by atoms with Crippen molar-refractivity contribution in [3.05, 3.63) is 48.3 Å². The van der Waals surface area contributed by atoms with Crippen LogP contribution >= 0.6 is 12.4 Å². The zero-order chi connectivity index (χ0) is 15.2. The van der Waals surface area contributed by atoms with Crippen LogP contribution in [0, 0.1) is 0 Å². The minimum atomic E-state index is -0.0407. The number of hydrogen-bond donors (Lipinski definition) is 2. The van der Waals surface area contributed by atoms with E-state index >= 15 is 0 Å². The van der Waals surface area contributed by atoms with Crippen molar-refractivity contribution in [3.63, 3.8) is 0 Å². The molecule has 0 bridgehead atoms. The number of nitrogens with zero attached hydrogens (tertiary/aromatic N) is 2. The molecule has 0 spiro atoms. The fourth-order valence-corrected chi connectivity index (χ4v) is 2.11. The molecule has 120 valence electrons. The van der Waals surface area contributed by atoms with Gasteiger partial charge >= 0.3 is 0 Å². The SMILES string of the molecule is CC(N)CCC(=O)NC(C)c1cccc(-n2cccn2)c1.Cl.